The lowest BCUT2D eigenvalue weighted by Gasteiger charge is -2.39. The molecule has 1 amide bonds. The molecule has 0 aromatic heterocycles. The summed E-state index contributed by atoms with van der Waals surface area (Å²) >= 11 is 0. The predicted molar refractivity (Wildman–Crippen MR) is 72.0 cm³/mol. The number of hydrogen-bond acceptors (Lipinski definition) is 3. The molecule has 0 aromatic carbocycles. The molecule has 0 aromatic rings. The van der Waals surface area contributed by atoms with Gasteiger partial charge < -0.3 is 10.0 Å². The van der Waals surface area contributed by atoms with E-state index in [0.29, 0.717) is 12.8 Å². The van der Waals surface area contributed by atoms with Gasteiger partial charge in [-0.25, -0.2) is 0 Å². The van der Waals surface area contributed by atoms with Crippen molar-refractivity contribution in [3.63, 3.8) is 0 Å². The lowest BCUT2D eigenvalue weighted by molar-refractivity contribution is -0.200. The molecule has 1 saturated heterocycles. The van der Waals surface area contributed by atoms with E-state index in [9.17, 15) is 22.9 Å². The Hall–Kier alpha value is -0.560. The van der Waals surface area contributed by atoms with E-state index in [1.807, 2.05) is 0 Å². The fourth-order valence-electron chi connectivity index (χ4n) is 3.08. The molecule has 1 aliphatic carbocycles. The second-order valence-electron chi connectivity index (χ2n) is 5.97. The van der Waals surface area contributed by atoms with Crippen molar-refractivity contribution in [2.45, 2.75) is 61.6 Å². The van der Waals surface area contributed by atoms with Crippen LogP contribution in [-0.4, -0.2) is 55.2 Å². The van der Waals surface area contributed by atoms with Crippen LogP contribution in [0.4, 0.5) is 8.78 Å². The van der Waals surface area contributed by atoms with E-state index in [0.717, 1.165) is 4.90 Å². The monoisotopic (exact) mass is 309 g/mol. The zero-order valence-corrected chi connectivity index (χ0v) is 12.6. The van der Waals surface area contributed by atoms with Crippen LogP contribution in [-0.2, 0) is 15.6 Å². The molecule has 2 atom stereocenters. The van der Waals surface area contributed by atoms with Crippen LogP contribution in [0.15, 0.2) is 0 Å². The lowest BCUT2D eigenvalue weighted by atomic mass is 9.92. The molecule has 20 heavy (non-hydrogen) atoms. The highest BCUT2D eigenvalue weighted by atomic mass is 32.2. The summed E-state index contributed by atoms with van der Waals surface area (Å²) in [6.07, 6.45) is 0.930. The van der Waals surface area contributed by atoms with Gasteiger partial charge in [0, 0.05) is 34.4 Å². The first-order valence-electron chi connectivity index (χ1n) is 6.98. The molecule has 1 aliphatic heterocycles. The third-order valence-electron chi connectivity index (χ3n) is 4.32. The van der Waals surface area contributed by atoms with Crippen molar-refractivity contribution in [2.75, 3.05) is 13.1 Å². The molecule has 2 aliphatic rings. The second kappa shape index (κ2) is 5.33. The van der Waals surface area contributed by atoms with Gasteiger partial charge in [-0.05, 0) is 26.7 Å². The summed E-state index contributed by atoms with van der Waals surface area (Å²) in [5, 5.41) is 9.40. The maximum atomic E-state index is 14.3. The summed E-state index contributed by atoms with van der Waals surface area (Å²) in [7, 11) is -1.11. The van der Waals surface area contributed by atoms with Crippen molar-refractivity contribution in [2.24, 2.45) is 0 Å². The zero-order valence-electron chi connectivity index (χ0n) is 11.8. The van der Waals surface area contributed by atoms with Gasteiger partial charge in [0.1, 0.15) is 5.60 Å². The number of rotatable bonds is 2. The van der Waals surface area contributed by atoms with E-state index in [-0.39, 0.29) is 36.4 Å². The zero-order chi connectivity index (χ0) is 15.1. The van der Waals surface area contributed by atoms with E-state index in [1.54, 1.807) is 13.8 Å². The Morgan fingerprint density at radius 3 is 2.15 bits per heavy atom. The number of aliphatic hydroxyl groups is 1. The normalized spacial score (nSPS) is 34.2. The Bertz CT molecular complexity index is 410. The van der Waals surface area contributed by atoms with Crippen LogP contribution in [0.1, 0.15) is 39.5 Å². The summed E-state index contributed by atoms with van der Waals surface area (Å²) in [6, 6.07) is 0. The molecule has 2 unspecified atom stereocenters. The van der Waals surface area contributed by atoms with Crippen LogP contribution < -0.4 is 0 Å². The van der Waals surface area contributed by atoms with Crippen molar-refractivity contribution < 1.29 is 22.9 Å². The quantitative estimate of drug-likeness (QED) is 0.836. The van der Waals surface area contributed by atoms with Crippen molar-refractivity contribution in [1.29, 1.82) is 0 Å². The Balaban J connectivity index is 2.16. The van der Waals surface area contributed by atoms with Gasteiger partial charge in [0.15, 0.2) is 0 Å². The first-order valence-corrected chi connectivity index (χ1v) is 8.25. The molecule has 0 radical (unpaired) electrons. The van der Waals surface area contributed by atoms with Crippen LogP contribution in [0.5, 0.6) is 0 Å². The number of alkyl halides is 2. The van der Waals surface area contributed by atoms with Crippen molar-refractivity contribution in [3.05, 3.63) is 0 Å². The van der Waals surface area contributed by atoms with Crippen LogP contribution in [0, 0.1) is 0 Å². The van der Waals surface area contributed by atoms with Gasteiger partial charge >= 0.3 is 5.92 Å². The van der Waals surface area contributed by atoms with E-state index in [4.69, 9.17) is 0 Å². The minimum absolute atomic E-state index is 0.0450. The summed E-state index contributed by atoms with van der Waals surface area (Å²) in [5.74, 6) is -5.08. The Morgan fingerprint density at radius 2 is 1.70 bits per heavy atom. The van der Waals surface area contributed by atoms with Crippen LogP contribution >= 0.6 is 0 Å². The Kier molecular flexibility index (Phi) is 4.22. The van der Waals surface area contributed by atoms with Gasteiger partial charge in [-0.2, -0.15) is 8.78 Å². The summed E-state index contributed by atoms with van der Waals surface area (Å²) in [5.41, 5.74) is -2.22. The van der Waals surface area contributed by atoms with Gasteiger partial charge in [0.2, 0.25) is 0 Å². The average molecular weight is 309 g/mol. The minimum atomic E-state index is -3.76. The molecule has 2 rings (SSSR count). The maximum Gasteiger partial charge on any atom is 0.352 e. The molecule has 0 spiro atoms. The number of amides is 1. The van der Waals surface area contributed by atoms with Gasteiger partial charge in [0.05, 0.1) is 0 Å². The molecule has 116 valence electrons. The molecule has 1 heterocycles. The van der Waals surface area contributed by atoms with Gasteiger partial charge in [-0.15, -0.1) is 0 Å². The van der Waals surface area contributed by atoms with Crippen LogP contribution in [0.3, 0.4) is 0 Å². The highest BCUT2D eigenvalue weighted by molar-refractivity contribution is 7.86. The lowest BCUT2D eigenvalue weighted by Crippen LogP contribution is -2.60. The van der Waals surface area contributed by atoms with Crippen molar-refractivity contribution in [3.8, 4) is 0 Å². The third-order valence-corrected chi connectivity index (χ3v) is 6.20. The molecule has 0 bridgehead atoms. The number of hydrogen-bond donors (Lipinski definition) is 1. The highest BCUT2D eigenvalue weighted by Gasteiger charge is 2.60. The van der Waals surface area contributed by atoms with E-state index >= 15 is 0 Å². The van der Waals surface area contributed by atoms with E-state index in [1.165, 1.54) is 0 Å². The van der Waals surface area contributed by atoms with Gasteiger partial charge in [-0.1, -0.05) is 12.8 Å². The highest BCUT2D eigenvalue weighted by Crippen LogP contribution is 2.43. The van der Waals surface area contributed by atoms with Crippen molar-refractivity contribution in [1.82, 2.24) is 4.90 Å². The predicted octanol–water partition coefficient (Wildman–Crippen LogP) is 1.29. The molecule has 7 heteroatoms. The summed E-state index contributed by atoms with van der Waals surface area (Å²) in [6.45, 7) is 3.49. The first-order chi connectivity index (χ1) is 9.19. The minimum Gasteiger partial charge on any atom is -0.383 e. The smallest absolute Gasteiger partial charge is 0.352 e. The third kappa shape index (κ3) is 2.50. The summed E-state index contributed by atoms with van der Waals surface area (Å²) < 4.78 is 40.4. The molecular weight excluding hydrogens is 288 g/mol. The van der Waals surface area contributed by atoms with Crippen LogP contribution in [0.2, 0.25) is 0 Å². The van der Waals surface area contributed by atoms with Crippen molar-refractivity contribution >= 4 is 16.7 Å². The van der Waals surface area contributed by atoms with E-state index in [2.05, 4.69) is 0 Å². The standard InChI is InChI=1S/C13H21F2NO3S/c1-9-7-16(8-10(2)20(9)19)11(17)13(14,15)12(18)5-3-4-6-12/h9-10,18H,3-8H2,1-2H3. The van der Waals surface area contributed by atoms with Crippen LogP contribution in [0.25, 0.3) is 0 Å². The fourth-order valence-corrected chi connectivity index (χ4v) is 4.52. The largest absolute Gasteiger partial charge is 0.383 e. The molecule has 4 nitrogen and oxygen atoms in total. The molecular formula is C13H21F2NO3S. The maximum absolute atomic E-state index is 14.3. The molecule has 2 fully saturated rings. The number of carbonyl (C=O) groups is 1. The molecule has 1 N–H and O–H groups in total. The Labute approximate surface area is 120 Å². The Morgan fingerprint density at radius 1 is 1.25 bits per heavy atom. The number of carbonyl (C=O) groups excluding carboxylic acids is 1. The van der Waals surface area contributed by atoms with Gasteiger partial charge in [0.25, 0.3) is 5.91 Å². The SMILES string of the molecule is CC1CN(C(=O)C(F)(F)C2(O)CCCC2)CC(C)S1=O. The number of nitrogens with zero attached hydrogens (tertiary/aromatic N) is 1. The number of halogens is 2. The first kappa shape index (κ1) is 15.8. The fraction of sp³-hybridized carbons (Fsp3) is 0.923. The summed E-state index contributed by atoms with van der Waals surface area (Å²) in [4.78, 5) is 13.2. The van der Waals surface area contributed by atoms with Gasteiger partial charge in [-0.3, -0.25) is 9.00 Å². The topological polar surface area (TPSA) is 57.6 Å². The molecule has 1 saturated carbocycles. The average Bonchev–Trinajstić information content (AvgIpc) is 2.83. The second-order valence-corrected chi connectivity index (χ2v) is 8.24. The van der Waals surface area contributed by atoms with E-state index < -0.39 is 28.2 Å².